The second-order valence-corrected chi connectivity index (χ2v) is 8.29. The van der Waals surface area contributed by atoms with Gasteiger partial charge in [-0.3, -0.25) is 9.59 Å². The Morgan fingerprint density at radius 3 is 2.64 bits per heavy atom. The van der Waals surface area contributed by atoms with Gasteiger partial charge in [-0.2, -0.15) is 0 Å². The fraction of sp³-hybridized carbons (Fsp3) is 0.115. The average molecular weight is 458 g/mol. The van der Waals surface area contributed by atoms with E-state index < -0.39 is 0 Å². The van der Waals surface area contributed by atoms with Crippen molar-refractivity contribution in [2.45, 2.75) is 6.42 Å². The minimum atomic E-state index is -0.253. The Balaban J connectivity index is 1.27. The Morgan fingerprint density at radius 1 is 1.03 bits per heavy atom. The molecule has 0 atom stereocenters. The van der Waals surface area contributed by atoms with Crippen molar-refractivity contribution >= 4 is 45.1 Å². The zero-order chi connectivity index (χ0) is 23.0. The standard InChI is InChI=1S/C26H23N3O3S/c1-32-21-12-9-18(10-13-21)11-14-24(30)27-16-15-25(31)28-20-6-4-5-19(17-20)26-29-22-7-2-3-8-23(22)33-26/h2-14,17H,15-16H2,1H3,(H,27,30)(H,28,31). The van der Waals surface area contributed by atoms with Crippen LogP contribution in [0.2, 0.25) is 0 Å². The van der Waals surface area contributed by atoms with Crippen molar-refractivity contribution in [3.63, 3.8) is 0 Å². The van der Waals surface area contributed by atoms with Crippen molar-refractivity contribution in [3.8, 4) is 16.3 Å². The summed E-state index contributed by atoms with van der Waals surface area (Å²) in [5.41, 5.74) is 3.49. The van der Waals surface area contributed by atoms with Gasteiger partial charge in [-0.05, 0) is 48.0 Å². The van der Waals surface area contributed by atoms with Crippen LogP contribution >= 0.6 is 11.3 Å². The number of aromatic nitrogens is 1. The van der Waals surface area contributed by atoms with Crippen molar-refractivity contribution in [2.24, 2.45) is 0 Å². The largest absolute Gasteiger partial charge is 0.497 e. The lowest BCUT2D eigenvalue weighted by molar-refractivity contribution is -0.117. The van der Waals surface area contributed by atoms with E-state index >= 15 is 0 Å². The number of carbonyl (C=O) groups excluding carboxylic acids is 2. The smallest absolute Gasteiger partial charge is 0.244 e. The first-order valence-electron chi connectivity index (χ1n) is 10.5. The van der Waals surface area contributed by atoms with Gasteiger partial charge in [-0.15, -0.1) is 11.3 Å². The molecule has 0 aliphatic carbocycles. The average Bonchev–Trinajstić information content (AvgIpc) is 3.28. The predicted octanol–water partition coefficient (Wildman–Crippen LogP) is 5.13. The third-order valence-electron chi connectivity index (χ3n) is 4.88. The lowest BCUT2D eigenvalue weighted by atomic mass is 10.2. The first kappa shape index (κ1) is 22.2. The van der Waals surface area contributed by atoms with E-state index in [9.17, 15) is 9.59 Å². The number of anilines is 1. The molecule has 0 fully saturated rings. The lowest BCUT2D eigenvalue weighted by Gasteiger charge is -2.07. The second kappa shape index (κ2) is 10.6. The van der Waals surface area contributed by atoms with Gasteiger partial charge < -0.3 is 15.4 Å². The molecule has 0 saturated carbocycles. The number of carbonyl (C=O) groups is 2. The number of nitrogens with one attached hydrogen (secondary N) is 2. The third kappa shape index (κ3) is 6.05. The molecule has 0 spiro atoms. The molecule has 0 radical (unpaired) electrons. The van der Waals surface area contributed by atoms with Gasteiger partial charge >= 0.3 is 0 Å². The molecule has 0 unspecified atom stereocenters. The molecule has 2 N–H and O–H groups in total. The fourth-order valence-electron chi connectivity index (χ4n) is 3.19. The Morgan fingerprint density at radius 2 is 1.85 bits per heavy atom. The maximum atomic E-state index is 12.3. The van der Waals surface area contributed by atoms with Crippen LogP contribution in [0, 0.1) is 0 Å². The summed E-state index contributed by atoms with van der Waals surface area (Å²) < 4.78 is 6.23. The van der Waals surface area contributed by atoms with E-state index in [1.54, 1.807) is 24.5 Å². The van der Waals surface area contributed by atoms with E-state index in [-0.39, 0.29) is 24.8 Å². The highest BCUT2D eigenvalue weighted by molar-refractivity contribution is 7.21. The van der Waals surface area contributed by atoms with Crippen LogP contribution in [0.15, 0.2) is 78.9 Å². The zero-order valence-electron chi connectivity index (χ0n) is 18.1. The first-order chi connectivity index (χ1) is 16.1. The Kier molecular flexibility index (Phi) is 7.12. The summed E-state index contributed by atoms with van der Waals surface area (Å²) in [6.07, 6.45) is 3.33. The Bertz CT molecular complexity index is 1260. The van der Waals surface area contributed by atoms with E-state index in [0.717, 1.165) is 32.1 Å². The van der Waals surface area contributed by atoms with E-state index in [1.165, 1.54) is 6.08 Å². The summed E-state index contributed by atoms with van der Waals surface area (Å²) in [5.74, 6) is 0.334. The molecular formula is C26H23N3O3S. The van der Waals surface area contributed by atoms with Crippen LogP contribution < -0.4 is 15.4 Å². The SMILES string of the molecule is COc1ccc(C=CC(=O)NCCC(=O)Nc2cccc(-c3nc4ccccc4s3)c2)cc1. The highest BCUT2D eigenvalue weighted by atomic mass is 32.1. The molecule has 0 aliphatic rings. The van der Waals surface area contributed by atoms with Crippen molar-refractivity contribution in [1.29, 1.82) is 0 Å². The molecule has 4 aromatic rings. The van der Waals surface area contributed by atoms with Crippen molar-refractivity contribution in [3.05, 3.63) is 84.4 Å². The number of ether oxygens (including phenoxy) is 1. The van der Waals surface area contributed by atoms with E-state index in [4.69, 9.17) is 4.74 Å². The third-order valence-corrected chi connectivity index (χ3v) is 5.97. The second-order valence-electron chi connectivity index (χ2n) is 7.26. The first-order valence-corrected chi connectivity index (χ1v) is 11.3. The fourth-order valence-corrected chi connectivity index (χ4v) is 4.16. The molecule has 166 valence electrons. The number of hydrogen-bond acceptors (Lipinski definition) is 5. The van der Waals surface area contributed by atoms with Crippen LogP contribution in [0.5, 0.6) is 5.75 Å². The number of amides is 2. The molecule has 1 aromatic heterocycles. The van der Waals surface area contributed by atoms with Gasteiger partial charge in [0.05, 0.1) is 17.3 Å². The minimum absolute atomic E-state index is 0.170. The molecule has 2 amide bonds. The molecule has 3 aromatic carbocycles. The van der Waals surface area contributed by atoms with Crippen LogP contribution in [0.25, 0.3) is 26.9 Å². The van der Waals surface area contributed by atoms with E-state index in [2.05, 4.69) is 15.6 Å². The molecule has 6 nitrogen and oxygen atoms in total. The number of methoxy groups -OCH3 is 1. The number of rotatable bonds is 8. The predicted molar refractivity (Wildman–Crippen MR) is 133 cm³/mol. The molecule has 1 heterocycles. The highest BCUT2D eigenvalue weighted by Crippen LogP contribution is 2.31. The minimum Gasteiger partial charge on any atom is -0.497 e. The van der Waals surface area contributed by atoms with E-state index in [1.807, 2.05) is 72.8 Å². The molecule has 0 saturated heterocycles. The van der Waals surface area contributed by atoms with Gasteiger partial charge in [0, 0.05) is 30.3 Å². The summed E-state index contributed by atoms with van der Waals surface area (Å²) in [4.78, 5) is 29.0. The number of para-hydroxylation sites is 1. The van der Waals surface area contributed by atoms with Gasteiger partial charge in [0.1, 0.15) is 10.8 Å². The number of benzene rings is 3. The van der Waals surface area contributed by atoms with Gasteiger partial charge in [0.15, 0.2) is 0 Å². The monoisotopic (exact) mass is 457 g/mol. The number of thiazole rings is 1. The number of fused-ring (bicyclic) bond motifs is 1. The number of nitrogens with zero attached hydrogens (tertiary/aromatic N) is 1. The number of hydrogen-bond donors (Lipinski definition) is 2. The molecule has 0 bridgehead atoms. The van der Waals surface area contributed by atoms with E-state index in [0.29, 0.717) is 5.69 Å². The highest BCUT2D eigenvalue weighted by Gasteiger charge is 2.08. The van der Waals surface area contributed by atoms with Crippen LogP contribution in [0.3, 0.4) is 0 Å². The van der Waals surface area contributed by atoms with Crippen molar-refractivity contribution < 1.29 is 14.3 Å². The molecule has 7 heteroatoms. The molecular weight excluding hydrogens is 434 g/mol. The van der Waals surface area contributed by atoms with Gasteiger partial charge in [0.25, 0.3) is 0 Å². The summed E-state index contributed by atoms with van der Waals surface area (Å²) in [5, 5.41) is 6.52. The van der Waals surface area contributed by atoms with Gasteiger partial charge in [-0.1, -0.05) is 36.4 Å². The van der Waals surface area contributed by atoms with Crippen LogP contribution in [0.1, 0.15) is 12.0 Å². The van der Waals surface area contributed by atoms with Gasteiger partial charge in [-0.25, -0.2) is 4.98 Å². The normalized spacial score (nSPS) is 10.9. The van der Waals surface area contributed by atoms with Crippen LogP contribution in [-0.2, 0) is 9.59 Å². The molecule has 0 aliphatic heterocycles. The topological polar surface area (TPSA) is 80.3 Å². The quantitative estimate of drug-likeness (QED) is 0.360. The van der Waals surface area contributed by atoms with Crippen LogP contribution in [-0.4, -0.2) is 30.5 Å². The van der Waals surface area contributed by atoms with Gasteiger partial charge in [0.2, 0.25) is 11.8 Å². The maximum Gasteiger partial charge on any atom is 0.244 e. The summed E-state index contributed by atoms with van der Waals surface area (Å²) >= 11 is 1.62. The van der Waals surface area contributed by atoms with Crippen LogP contribution in [0.4, 0.5) is 5.69 Å². The summed E-state index contributed by atoms with van der Waals surface area (Å²) in [6, 6.07) is 23.0. The summed E-state index contributed by atoms with van der Waals surface area (Å²) in [7, 11) is 1.60. The van der Waals surface area contributed by atoms with Crippen molar-refractivity contribution in [1.82, 2.24) is 10.3 Å². The zero-order valence-corrected chi connectivity index (χ0v) is 18.9. The lowest BCUT2D eigenvalue weighted by Crippen LogP contribution is -2.26. The Hall–Kier alpha value is -3.97. The Labute approximate surface area is 195 Å². The molecule has 4 rings (SSSR count). The summed E-state index contributed by atoms with van der Waals surface area (Å²) in [6.45, 7) is 0.245. The maximum absolute atomic E-state index is 12.3. The van der Waals surface area contributed by atoms with Crippen molar-refractivity contribution in [2.75, 3.05) is 19.0 Å². The molecule has 33 heavy (non-hydrogen) atoms.